The Morgan fingerprint density at radius 1 is 1.10 bits per heavy atom. The molecule has 3 unspecified atom stereocenters. The maximum atomic E-state index is 14.4. The van der Waals surface area contributed by atoms with Crippen LogP contribution in [-0.4, -0.2) is 30.9 Å². The number of hydrogen-bond donors (Lipinski definition) is 0. The summed E-state index contributed by atoms with van der Waals surface area (Å²) in [5, 5.41) is 0. The van der Waals surface area contributed by atoms with Crippen LogP contribution in [0.3, 0.4) is 0 Å². The molecular weight excluding hydrogens is 304 g/mol. The zero-order valence-corrected chi connectivity index (χ0v) is 10.2. The van der Waals surface area contributed by atoms with Crippen molar-refractivity contribution < 1.29 is 44.6 Å². The molecule has 0 aliphatic heterocycles. The van der Waals surface area contributed by atoms with Crippen LogP contribution >= 0.6 is 0 Å². The zero-order chi connectivity index (χ0) is 15.8. The highest BCUT2D eigenvalue weighted by Gasteiger charge is 2.68. The lowest BCUT2D eigenvalue weighted by molar-refractivity contribution is -0.443. The number of halogens is 8. The van der Waals surface area contributed by atoms with E-state index in [4.69, 9.17) is 0 Å². The highest BCUT2D eigenvalue weighted by molar-refractivity contribution is 4.99. The van der Waals surface area contributed by atoms with Crippen LogP contribution in [-0.2, 0) is 9.47 Å². The first-order valence-corrected chi connectivity index (χ1v) is 5.68. The summed E-state index contributed by atoms with van der Waals surface area (Å²) in [6.07, 6.45) is -12.2. The summed E-state index contributed by atoms with van der Waals surface area (Å²) in [5.41, 5.74) is 0. The fraction of sp³-hybridized carbons (Fsp3) is 1.00. The van der Waals surface area contributed by atoms with E-state index >= 15 is 0 Å². The van der Waals surface area contributed by atoms with Crippen LogP contribution in [0, 0.1) is 5.92 Å². The zero-order valence-electron chi connectivity index (χ0n) is 10.2. The molecule has 0 spiro atoms. The summed E-state index contributed by atoms with van der Waals surface area (Å²) in [6, 6.07) is 0. The lowest BCUT2D eigenvalue weighted by atomic mass is 9.99. The third-order valence-corrected chi connectivity index (χ3v) is 3.06. The van der Waals surface area contributed by atoms with E-state index in [2.05, 4.69) is 9.47 Å². The van der Waals surface area contributed by atoms with Crippen LogP contribution in [0.5, 0.6) is 0 Å². The predicted octanol–water partition coefficient (Wildman–Crippen LogP) is 4.25. The van der Waals surface area contributed by atoms with E-state index in [1.165, 1.54) is 6.92 Å². The lowest BCUT2D eigenvalue weighted by Gasteiger charge is -2.36. The summed E-state index contributed by atoms with van der Waals surface area (Å²) in [4.78, 5) is 0. The maximum absolute atomic E-state index is 14.4. The molecular formula is C10H12F8O2. The molecule has 120 valence electrons. The van der Waals surface area contributed by atoms with Crippen LogP contribution < -0.4 is 0 Å². The van der Waals surface area contributed by atoms with E-state index in [0.717, 1.165) is 0 Å². The van der Waals surface area contributed by atoms with Crippen LogP contribution in [0.4, 0.5) is 35.1 Å². The summed E-state index contributed by atoms with van der Waals surface area (Å²) < 4.78 is 108. The van der Waals surface area contributed by atoms with Gasteiger partial charge in [0.1, 0.15) is 6.61 Å². The summed E-state index contributed by atoms with van der Waals surface area (Å²) in [7, 11) is 0. The van der Waals surface area contributed by atoms with E-state index in [1.54, 1.807) is 0 Å². The minimum absolute atomic E-state index is 0.193. The SMILES string of the molecule is CCC1CCC(F)(OC(F)(F)F)C1(F)OCC(F)(F)F. The highest BCUT2D eigenvalue weighted by atomic mass is 19.4. The summed E-state index contributed by atoms with van der Waals surface area (Å²) in [5.74, 6) is -9.25. The first-order chi connectivity index (χ1) is 8.83. The Morgan fingerprint density at radius 3 is 2.05 bits per heavy atom. The van der Waals surface area contributed by atoms with Gasteiger partial charge in [-0.2, -0.15) is 13.2 Å². The quantitative estimate of drug-likeness (QED) is 0.722. The van der Waals surface area contributed by atoms with Gasteiger partial charge in [0.2, 0.25) is 0 Å². The molecule has 0 aromatic heterocycles. The Morgan fingerprint density at radius 2 is 1.65 bits per heavy atom. The molecule has 1 saturated carbocycles. The third-order valence-electron chi connectivity index (χ3n) is 3.06. The Hall–Kier alpha value is -0.640. The van der Waals surface area contributed by atoms with Gasteiger partial charge in [-0.15, -0.1) is 13.2 Å². The fourth-order valence-corrected chi connectivity index (χ4v) is 2.20. The van der Waals surface area contributed by atoms with Crippen molar-refractivity contribution in [2.45, 2.75) is 50.4 Å². The molecule has 3 atom stereocenters. The van der Waals surface area contributed by atoms with Crippen molar-refractivity contribution in [3.63, 3.8) is 0 Å². The third kappa shape index (κ3) is 3.72. The number of alkyl halides is 8. The molecule has 0 radical (unpaired) electrons. The molecule has 1 aliphatic rings. The number of ether oxygens (including phenoxy) is 2. The summed E-state index contributed by atoms with van der Waals surface area (Å²) in [6.45, 7) is -0.901. The van der Waals surface area contributed by atoms with Gasteiger partial charge in [0, 0.05) is 12.3 Å². The molecule has 0 N–H and O–H groups in total. The predicted molar refractivity (Wildman–Crippen MR) is 49.8 cm³/mol. The van der Waals surface area contributed by atoms with Crippen molar-refractivity contribution in [2.24, 2.45) is 5.92 Å². The molecule has 0 aromatic carbocycles. The molecule has 0 heterocycles. The molecule has 0 saturated heterocycles. The second-order valence-electron chi connectivity index (χ2n) is 4.47. The van der Waals surface area contributed by atoms with Gasteiger partial charge in [-0.1, -0.05) is 6.92 Å². The van der Waals surface area contributed by atoms with Crippen LogP contribution in [0.15, 0.2) is 0 Å². The first kappa shape index (κ1) is 17.4. The van der Waals surface area contributed by atoms with Gasteiger partial charge in [-0.3, -0.25) is 0 Å². The minimum Gasteiger partial charge on any atom is -0.332 e. The highest BCUT2D eigenvalue weighted by Crippen LogP contribution is 2.54. The second kappa shape index (κ2) is 5.28. The smallest absolute Gasteiger partial charge is 0.332 e. The monoisotopic (exact) mass is 316 g/mol. The second-order valence-corrected chi connectivity index (χ2v) is 4.47. The standard InChI is InChI=1S/C10H12F8O2/c1-2-6-3-4-7(11,20-10(16,17)18)9(6,15)19-5-8(12,13)14/h6H,2-5H2,1H3. The molecule has 20 heavy (non-hydrogen) atoms. The normalized spacial score (nSPS) is 35.5. The van der Waals surface area contributed by atoms with E-state index < -0.39 is 49.6 Å². The van der Waals surface area contributed by atoms with Gasteiger partial charge < -0.3 is 4.74 Å². The van der Waals surface area contributed by atoms with Gasteiger partial charge in [-0.05, 0) is 12.8 Å². The molecule has 0 aromatic rings. The van der Waals surface area contributed by atoms with Gasteiger partial charge in [0.25, 0.3) is 11.7 Å². The van der Waals surface area contributed by atoms with Gasteiger partial charge in [0.15, 0.2) is 0 Å². The van der Waals surface area contributed by atoms with Gasteiger partial charge >= 0.3 is 12.5 Å². The molecule has 1 aliphatic carbocycles. The average molecular weight is 316 g/mol. The number of hydrogen-bond acceptors (Lipinski definition) is 2. The van der Waals surface area contributed by atoms with Crippen molar-refractivity contribution in [1.29, 1.82) is 0 Å². The van der Waals surface area contributed by atoms with E-state index in [9.17, 15) is 35.1 Å². The first-order valence-electron chi connectivity index (χ1n) is 5.68. The Kier molecular flexibility index (Phi) is 4.60. The topological polar surface area (TPSA) is 18.5 Å². The fourth-order valence-electron chi connectivity index (χ4n) is 2.20. The molecule has 0 amide bonds. The van der Waals surface area contributed by atoms with E-state index in [1.807, 2.05) is 0 Å². The Labute approximate surface area is 109 Å². The van der Waals surface area contributed by atoms with Gasteiger partial charge in [-0.25, -0.2) is 13.5 Å². The lowest BCUT2D eigenvalue weighted by Crippen LogP contribution is -2.54. The Balaban J connectivity index is 2.98. The van der Waals surface area contributed by atoms with Gasteiger partial charge in [0.05, 0.1) is 0 Å². The van der Waals surface area contributed by atoms with Crippen molar-refractivity contribution >= 4 is 0 Å². The minimum atomic E-state index is -5.53. The van der Waals surface area contributed by atoms with E-state index in [-0.39, 0.29) is 6.42 Å². The van der Waals surface area contributed by atoms with Crippen molar-refractivity contribution in [1.82, 2.24) is 0 Å². The molecule has 0 bridgehead atoms. The molecule has 10 heteroatoms. The molecule has 1 rings (SSSR count). The largest absolute Gasteiger partial charge is 0.525 e. The van der Waals surface area contributed by atoms with E-state index in [0.29, 0.717) is 0 Å². The van der Waals surface area contributed by atoms with Crippen LogP contribution in [0.2, 0.25) is 0 Å². The van der Waals surface area contributed by atoms with Crippen molar-refractivity contribution in [3.8, 4) is 0 Å². The Bertz CT molecular complexity index is 341. The number of rotatable bonds is 4. The van der Waals surface area contributed by atoms with Crippen molar-refractivity contribution in [3.05, 3.63) is 0 Å². The maximum Gasteiger partial charge on any atom is 0.525 e. The van der Waals surface area contributed by atoms with Crippen LogP contribution in [0.25, 0.3) is 0 Å². The summed E-state index contributed by atoms with van der Waals surface area (Å²) >= 11 is 0. The molecule has 2 nitrogen and oxygen atoms in total. The average Bonchev–Trinajstić information content (AvgIpc) is 2.46. The molecule has 1 fully saturated rings. The van der Waals surface area contributed by atoms with Crippen LogP contribution in [0.1, 0.15) is 26.2 Å². The van der Waals surface area contributed by atoms with Crippen molar-refractivity contribution in [2.75, 3.05) is 6.61 Å².